The van der Waals surface area contributed by atoms with Gasteiger partial charge in [-0.05, 0) is 48.4 Å². The molecule has 3 aromatic carbocycles. The standard InChI is InChI=1S/C29H29N3O2/c1-18-8-10-19(11-9-18)20-15-30-32(16-20)21-12-13-24-22(14-21)29(2,3)23-17-34-26-7-5-6-25(33-4)27(26)28(23)31-24/h5-16,23,28,31H,17H2,1-4H3/t23-,28-/m0/s1. The Hall–Kier alpha value is -3.73. The van der Waals surface area contributed by atoms with Crippen LogP contribution in [-0.4, -0.2) is 23.5 Å². The quantitative estimate of drug-likeness (QED) is 0.397. The van der Waals surface area contributed by atoms with E-state index in [1.165, 1.54) is 16.7 Å². The lowest BCUT2D eigenvalue weighted by molar-refractivity contribution is 0.133. The molecule has 5 nitrogen and oxygen atoms in total. The van der Waals surface area contributed by atoms with E-state index in [9.17, 15) is 0 Å². The molecule has 0 bridgehead atoms. The number of hydrogen-bond donors (Lipinski definition) is 1. The van der Waals surface area contributed by atoms with Gasteiger partial charge in [-0.2, -0.15) is 5.10 Å². The summed E-state index contributed by atoms with van der Waals surface area (Å²) in [4.78, 5) is 0. The zero-order valence-electron chi connectivity index (χ0n) is 20.0. The second kappa shape index (κ2) is 7.66. The van der Waals surface area contributed by atoms with Crippen LogP contribution in [0, 0.1) is 12.8 Å². The molecule has 0 aliphatic carbocycles. The first-order chi connectivity index (χ1) is 16.5. The number of ether oxygens (including phenoxy) is 2. The van der Waals surface area contributed by atoms with Crippen LogP contribution in [0.5, 0.6) is 11.5 Å². The van der Waals surface area contributed by atoms with Crippen molar-refractivity contribution in [1.82, 2.24) is 9.78 Å². The van der Waals surface area contributed by atoms with Crippen LogP contribution >= 0.6 is 0 Å². The van der Waals surface area contributed by atoms with E-state index >= 15 is 0 Å². The number of benzene rings is 3. The monoisotopic (exact) mass is 451 g/mol. The summed E-state index contributed by atoms with van der Waals surface area (Å²) in [7, 11) is 1.72. The molecule has 6 rings (SSSR count). The summed E-state index contributed by atoms with van der Waals surface area (Å²) < 4.78 is 13.9. The average Bonchev–Trinajstić information content (AvgIpc) is 3.34. The lowest BCUT2D eigenvalue weighted by atomic mass is 9.65. The molecule has 0 saturated carbocycles. The Labute approximate surface area is 200 Å². The number of aromatic nitrogens is 2. The molecule has 2 aliphatic heterocycles. The Kier molecular flexibility index (Phi) is 4.70. The van der Waals surface area contributed by atoms with Gasteiger partial charge >= 0.3 is 0 Å². The fourth-order valence-electron chi connectivity index (χ4n) is 5.47. The number of hydrogen-bond acceptors (Lipinski definition) is 4. The first kappa shape index (κ1) is 20.8. The van der Waals surface area contributed by atoms with Gasteiger partial charge in [-0.15, -0.1) is 0 Å². The van der Waals surface area contributed by atoms with Crippen LogP contribution in [-0.2, 0) is 5.41 Å². The molecular formula is C29H29N3O2. The second-order valence-corrected chi connectivity index (χ2v) is 9.90. The maximum absolute atomic E-state index is 6.22. The Morgan fingerprint density at radius 3 is 2.68 bits per heavy atom. The number of anilines is 1. The molecule has 1 N–H and O–H groups in total. The molecule has 0 spiro atoms. The van der Waals surface area contributed by atoms with Gasteiger partial charge in [0, 0.05) is 28.8 Å². The fraction of sp³-hybridized carbons (Fsp3) is 0.276. The smallest absolute Gasteiger partial charge is 0.128 e. The highest BCUT2D eigenvalue weighted by molar-refractivity contribution is 5.66. The van der Waals surface area contributed by atoms with E-state index in [1.807, 2.05) is 29.1 Å². The van der Waals surface area contributed by atoms with E-state index in [0.29, 0.717) is 6.61 Å². The molecule has 0 fully saturated rings. The van der Waals surface area contributed by atoms with Crippen molar-refractivity contribution in [3.8, 4) is 28.3 Å². The number of nitrogens with zero attached hydrogens (tertiary/aromatic N) is 2. The highest BCUT2D eigenvalue weighted by Crippen LogP contribution is 2.54. The number of aryl methyl sites for hydroxylation is 1. The SMILES string of the molecule is COc1cccc2c1[C@H]1Nc3ccc(-n4cc(-c5ccc(C)cc5)cn4)cc3C(C)(C)[C@H]1CO2. The van der Waals surface area contributed by atoms with Crippen molar-refractivity contribution in [2.75, 3.05) is 19.0 Å². The molecule has 2 aliphatic rings. The van der Waals surface area contributed by atoms with Crippen LogP contribution in [0.3, 0.4) is 0 Å². The largest absolute Gasteiger partial charge is 0.496 e. The van der Waals surface area contributed by atoms with Crippen molar-refractivity contribution in [2.24, 2.45) is 5.92 Å². The Bertz CT molecular complexity index is 1360. The van der Waals surface area contributed by atoms with E-state index in [1.54, 1.807) is 7.11 Å². The van der Waals surface area contributed by atoms with Gasteiger partial charge in [-0.1, -0.05) is 49.7 Å². The van der Waals surface area contributed by atoms with Crippen LogP contribution in [0.2, 0.25) is 0 Å². The summed E-state index contributed by atoms with van der Waals surface area (Å²) in [5.41, 5.74) is 8.03. The minimum Gasteiger partial charge on any atom is -0.496 e. The molecule has 0 unspecified atom stereocenters. The Morgan fingerprint density at radius 1 is 1.06 bits per heavy atom. The topological polar surface area (TPSA) is 48.3 Å². The molecule has 0 saturated heterocycles. The van der Waals surface area contributed by atoms with E-state index in [0.717, 1.165) is 34.0 Å². The lowest BCUT2D eigenvalue weighted by Gasteiger charge is -2.48. The predicted molar refractivity (Wildman–Crippen MR) is 135 cm³/mol. The highest BCUT2D eigenvalue weighted by atomic mass is 16.5. The lowest BCUT2D eigenvalue weighted by Crippen LogP contribution is -2.46. The highest BCUT2D eigenvalue weighted by Gasteiger charge is 2.47. The maximum Gasteiger partial charge on any atom is 0.128 e. The molecule has 3 heterocycles. The van der Waals surface area contributed by atoms with Crippen molar-refractivity contribution >= 4 is 5.69 Å². The van der Waals surface area contributed by atoms with Crippen molar-refractivity contribution in [2.45, 2.75) is 32.2 Å². The van der Waals surface area contributed by atoms with Gasteiger partial charge in [0.2, 0.25) is 0 Å². The summed E-state index contributed by atoms with van der Waals surface area (Å²) >= 11 is 0. The third-order valence-corrected chi connectivity index (χ3v) is 7.55. The number of fused-ring (bicyclic) bond motifs is 4. The predicted octanol–water partition coefficient (Wildman–Crippen LogP) is 6.31. The van der Waals surface area contributed by atoms with Gasteiger partial charge in [0.15, 0.2) is 0 Å². The van der Waals surface area contributed by atoms with Gasteiger partial charge in [-0.25, -0.2) is 4.68 Å². The molecule has 0 amide bonds. The minimum absolute atomic E-state index is 0.104. The average molecular weight is 452 g/mol. The van der Waals surface area contributed by atoms with Crippen molar-refractivity contribution in [1.29, 1.82) is 0 Å². The Morgan fingerprint density at radius 2 is 1.88 bits per heavy atom. The number of rotatable bonds is 3. The molecule has 1 aromatic heterocycles. The second-order valence-electron chi connectivity index (χ2n) is 9.90. The molecule has 0 radical (unpaired) electrons. The van der Waals surface area contributed by atoms with Gasteiger partial charge in [-0.3, -0.25) is 0 Å². The third kappa shape index (κ3) is 3.18. The summed E-state index contributed by atoms with van der Waals surface area (Å²) in [6.45, 7) is 7.40. The van der Waals surface area contributed by atoms with E-state index in [4.69, 9.17) is 9.47 Å². The molecule has 2 atom stereocenters. The first-order valence-electron chi connectivity index (χ1n) is 11.8. The van der Waals surface area contributed by atoms with Crippen LogP contribution in [0.4, 0.5) is 5.69 Å². The fourth-order valence-corrected chi connectivity index (χ4v) is 5.47. The van der Waals surface area contributed by atoms with Gasteiger partial charge in [0.25, 0.3) is 0 Å². The maximum atomic E-state index is 6.22. The molecule has 34 heavy (non-hydrogen) atoms. The van der Waals surface area contributed by atoms with E-state index in [2.05, 4.69) is 79.8 Å². The summed E-state index contributed by atoms with van der Waals surface area (Å²) in [5, 5.41) is 8.48. The van der Waals surface area contributed by atoms with E-state index in [-0.39, 0.29) is 17.4 Å². The minimum atomic E-state index is -0.104. The van der Waals surface area contributed by atoms with Crippen LogP contribution in [0.1, 0.15) is 36.6 Å². The summed E-state index contributed by atoms with van der Waals surface area (Å²) in [6.07, 6.45) is 4.03. The van der Waals surface area contributed by atoms with Crippen molar-refractivity contribution in [3.63, 3.8) is 0 Å². The van der Waals surface area contributed by atoms with E-state index < -0.39 is 0 Å². The van der Waals surface area contributed by atoms with Crippen LogP contribution in [0.25, 0.3) is 16.8 Å². The van der Waals surface area contributed by atoms with Crippen LogP contribution < -0.4 is 14.8 Å². The molecule has 4 aromatic rings. The van der Waals surface area contributed by atoms with Gasteiger partial charge in [0.05, 0.1) is 37.2 Å². The van der Waals surface area contributed by atoms with Crippen LogP contribution in [0.15, 0.2) is 73.1 Å². The zero-order chi connectivity index (χ0) is 23.4. The third-order valence-electron chi connectivity index (χ3n) is 7.55. The molecule has 5 heteroatoms. The van der Waals surface area contributed by atoms with Crippen molar-refractivity contribution in [3.05, 3.63) is 89.7 Å². The normalized spacial score (nSPS) is 19.8. The Balaban J connectivity index is 1.38. The zero-order valence-corrected chi connectivity index (χ0v) is 20.0. The number of methoxy groups -OCH3 is 1. The van der Waals surface area contributed by atoms with Gasteiger partial charge in [0.1, 0.15) is 11.5 Å². The molecular weight excluding hydrogens is 422 g/mol. The molecule has 172 valence electrons. The van der Waals surface area contributed by atoms with Crippen molar-refractivity contribution < 1.29 is 9.47 Å². The first-order valence-corrected chi connectivity index (χ1v) is 11.8. The summed E-state index contributed by atoms with van der Waals surface area (Å²) in [5.74, 6) is 2.04. The summed E-state index contributed by atoms with van der Waals surface area (Å²) in [6, 6.07) is 21.3. The van der Waals surface area contributed by atoms with Gasteiger partial charge < -0.3 is 14.8 Å². The number of nitrogens with one attached hydrogen (secondary N) is 1.